The molecule has 2 rings (SSSR count). The van der Waals surface area contributed by atoms with Gasteiger partial charge in [-0.15, -0.1) is 0 Å². The monoisotopic (exact) mass is 398 g/mol. The van der Waals surface area contributed by atoms with Gasteiger partial charge in [0.15, 0.2) is 15.8 Å². The van der Waals surface area contributed by atoms with Gasteiger partial charge < -0.3 is 19.7 Å². The van der Waals surface area contributed by atoms with Crippen LogP contribution in [-0.4, -0.2) is 90.2 Å². The highest BCUT2D eigenvalue weighted by atomic mass is 32.2. The summed E-state index contributed by atoms with van der Waals surface area (Å²) in [5.74, 6) is 2.80. The molecule has 0 unspecified atom stereocenters. The summed E-state index contributed by atoms with van der Waals surface area (Å²) >= 11 is 0. The minimum atomic E-state index is -2.84. The topological polar surface area (TPSA) is 83.5 Å². The second kappa shape index (κ2) is 9.80. The molecule has 27 heavy (non-hydrogen) atoms. The number of methoxy groups -OCH3 is 2. The first kappa shape index (κ1) is 21.3. The van der Waals surface area contributed by atoms with Gasteiger partial charge in [-0.1, -0.05) is 0 Å². The highest BCUT2D eigenvalue weighted by Crippen LogP contribution is 2.25. The van der Waals surface area contributed by atoms with E-state index >= 15 is 0 Å². The Balaban J connectivity index is 1.86. The van der Waals surface area contributed by atoms with Crippen molar-refractivity contribution in [2.75, 3.05) is 66.0 Å². The molecule has 1 N–H and O–H groups in total. The molecular formula is C18H30N4O4S. The van der Waals surface area contributed by atoms with Gasteiger partial charge in [-0.25, -0.2) is 8.42 Å². The largest absolute Gasteiger partial charge is 0.497 e. The zero-order valence-electron chi connectivity index (χ0n) is 16.6. The van der Waals surface area contributed by atoms with Crippen LogP contribution in [0.2, 0.25) is 0 Å². The summed E-state index contributed by atoms with van der Waals surface area (Å²) in [6.07, 6.45) is 0. The fourth-order valence-electron chi connectivity index (χ4n) is 3.00. The Kier molecular flexibility index (Phi) is 7.73. The van der Waals surface area contributed by atoms with E-state index < -0.39 is 9.84 Å². The van der Waals surface area contributed by atoms with Crippen molar-refractivity contribution in [3.8, 4) is 11.5 Å². The van der Waals surface area contributed by atoms with Crippen molar-refractivity contribution in [3.63, 3.8) is 0 Å². The standard InChI is InChI=1S/C18H30N4O4S/c1-19-18(20-7-8-22-9-11-27(23,24)12-10-22)21(2)14-15-5-6-16(25-3)13-17(15)26-4/h5-6,13H,7-12,14H2,1-4H3,(H,19,20). The van der Waals surface area contributed by atoms with Gasteiger partial charge in [0.1, 0.15) is 11.5 Å². The zero-order valence-corrected chi connectivity index (χ0v) is 17.4. The molecule has 1 aromatic carbocycles. The third-order valence-electron chi connectivity index (χ3n) is 4.62. The Bertz CT molecular complexity index is 738. The Hall–Kier alpha value is -2.00. The predicted octanol–water partition coefficient (Wildman–Crippen LogP) is 0.441. The molecule has 1 aliphatic heterocycles. The highest BCUT2D eigenvalue weighted by molar-refractivity contribution is 7.91. The molecule has 9 heteroatoms. The van der Waals surface area contributed by atoms with Gasteiger partial charge in [0.05, 0.1) is 25.7 Å². The van der Waals surface area contributed by atoms with E-state index in [0.29, 0.717) is 26.2 Å². The van der Waals surface area contributed by atoms with Gasteiger partial charge in [0.25, 0.3) is 0 Å². The highest BCUT2D eigenvalue weighted by Gasteiger charge is 2.21. The number of nitrogens with zero attached hydrogens (tertiary/aromatic N) is 3. The van der Waals surface area contributed by atoms with Crippen LogP contribution in [0, 0.1) is 0 Å². The number of rotatable bonds is 7. The number of hydrogen-bond donors (Lipinski definition) is 1. The van der Waals surface area contributed by atoms with Gasteiger partial charge >= 0.3 is 0 Å². The SMILES string of the molecule is CN=C(NCCN1CCS(=O)(=O)CC1)N(C)Cc1ccc(OC)cc1OC. The second-order valence-electron chi connectivity index (χ2n) is 6.50. The molecule has 0 aliphatic carbocycles. The second-order valence-corrected chi connectivity index (χ2v) is 8.80. The van der Waals surface area contributed by atoms with Crippen molar-refractivity contribution in [1.29, 1.82) is 0 Å². The minimum absolute atomic E-state index is 0.249. The van der Waals surface area contributed by atoms with Crippen LogP contribution in [0.4, 0.5) is 0 Å². The molecule has 0 bridgehead atoms. The van der Waals surface area contributed by atoms with Crippen molar-refractivity contribution in [2.24, 2.45) is 4.99 Å². The van der Waals surface area contributed by atoms with Crippen molar-refractivity contribution in [1.82, 2.24) is 15.1 Å². The predicted molar refractivity (Wildman–Crippen MR) is 107 cm³/mol. The molecule has 1 heterocycles. The number of hydrogen-bond acceptors (Lipinski definition) is 6. The van der Waals surface area contributed by atoms with Crippen LogP contribution < -0.4 is 14.8 Å². The van der Waals surface area contributed by atoms with E-state index in [1.54, 1.807) is 21.3 Å². The van der Waals surface area contributed by atoms with E-state index in [-0.39, 0.29) is 11.5 Å². The summed E-state index contributed by atoms with van der Waals surface area (Å²) in [5, 5.41) is 3.34. The lowest BCUT2D eigenvalue weighted by molar-refractivity contribution is 0.298. The fourth-order valence-corrected chi connectivity index (χ4v) is 4.27. The first-order valence-corrected chi connectivity index (χ1v) is 10.8. The molecule has 0 radical (unpaired) electrons. The summed E-state index contributed by atoms with van der Waals surface area (Å²) in [7, 11) is 4.15. The molecule has 0 aromatic heterocycles. The summed E-state index contributed by atoms with van der Waals surface area (Å²) in [6, 6.07) is 5.76. The van der Waals surface area contributed by atoms with E-state index in [9.17, 15) is 8.42 Å². The lowest BCUT2D eigenvalue weighted by Crippen LogP contribution is -2.46. The van der Waals surface area contributed by atoms with E-state index in [1.807, 2.05) is 30.1 Å². The minimum Gasteiger partial charge on any atom is -0.497 e. The van der Waals surface area contributed by atoms with Crippen LogP contribution in [0.25, 0.3) is 0 Å². The van der Waals surface area contributed by atoms with Gasteiger partial charge in [-0.2, -0.15) is 0 Å². The first-order chi connectivity index (χ1) is 12.9. The summed E-state index contributed by atoms with van der Waals surface area (Å²) < 4.78 is 33.7. The Morgan fingerprint density at radius 1 is 1.26 bits per heavy atom. The number of ether oxygens (including phenoxy) is 2. The van der Waals surface area contributed by atoms with Gasteiger partial charge in [-0.3, -0.25) is 9.89 Å². The van der Waals surface area contributed by atoms with Crippen molar-refractivity contribution in [3.05, 3.63) is 23.8 Å². The van der Waals surface area contributed by atoms with Crippen LogP contribution in [0.5, 0.6) is 11.5 Å². The van der Waals surface area contributed by atoms with Gasteiger partial charge in [-0.05, 0) is 12.1 Å². The van der Waals surface area contributed by atoms with E-state index in [2.05, 4.69) is 15.2 Å². The summed E-state index contributed by atoms with van der Waals surface area (Å²) in [4.78, 5) is 8.51. The maximum atomic E-state index is 11.5. The molecular weight excluding hydrogens is 368 g/mol. The maximum absolute atomic E-state index is 11.5. The van der Waals surface area contributed by atoms with Gasteiger partial charge in [0.2, 0.25) is 0 Å². The number of nitrogens with one attached hydrogen (secondary N) is 1. The van der Waals surface area contributed by atoms with E-state index in [0.717, 1.165) is 29.6 Å². The maximum Gasteiger partial charge on any atom is 0.193 e. The number of aliphatic imine (C=N–C) groups is 1. The van der Waals surface area contributed by atoms with Crippen LogP contribution >= 0.6 is 0 Å². The third kappa shape index (κ3) is 6.28. The number of guanidine groups is 1. The fraction of sp³-hybridized carbons (Fsp3) is 0.611. The smallest absolute Gasteiger partial charge is 0.193 e. The molecule has 1 aromatic rings. The Labute approximate surface area is 162 Å². The quantitative estimate of drug-likeness (QED) is 0.527. The summed E-state index contributed by atoms with van der Waals surface area (Å²) in [5.41, 5.74) is 1.03. The van der Waals surface area contributed by atoms with E-state index in [4.69, 9.17) is 9.47 Å². The van der Waals surface area contributed by atoms with Crippen LogP contribution in [-0.2, 0) is 16.4 Å². The average molecular weight is 399 g/mol. The third-order valence-corrected chi connectivity index (χ3v) is 6.23. The van der Waals surface area contributed by atoms with E-state index in [1.165, 1.54) is 0 Å². The van der Waals surface area contributed by atoms with Gasteiger partial charge in [0, 0.05) is 58.4 Å². The molecule has 0 spiro atoms. The van der Waals surface area contributed by atoms with Crippen molar-refractivity contribution >= 4 is 15.8 Å². The van der Waals surface area contributed by atoms with Crippen LogP contribution in [0.3, 0.4) is 0 Å². The number of sulfone groups is 1. The molecule has 0 saturated carbocycles. The van der Waals surface area contributed by atoms with Crippen molar-refractivity contribution < 1.29 is 17.9 Å². The molecule has 0 atom stereocenters. The zero-order chi connectivity index (χ0) is 19.9. The lowest BCUT2D eigenvalue weighted by atomic mass is 10.2. The molecule has 8 nitrogen and oxygen atoms in total. The van der Waals surface area contributed by atoms with Crippen molar-refractivity contribution in [2.45, 2.75) is 6.54 Å². The lowest BCUT2D eigenvalue weighted by Gasteiger charge is -2.28. The molecule has 1 fully saturated rings. The molecule has 152 valence electrons. The first-order valence-electron chi connectivity index (χ1n) is 8.94. The average Bonchev–Trinajstić information content (AvgIpc) is 2.66. The molecule has 1 aliphatic rings. The van der Waals surface area contributed by atoms with Crippen LogP contribution in [0.1, 0.15) is 5.56 Å². The normalized spacial score (nSPS) is 17.4. The number of benzene rings is 1. The Morgan fingerprint density at radius 3 is 2.56 bits per heavy atom. The summed E-state index contributed by atoms with van der Waals surface area (Å²) in [6.45, 7) is 3.32. The molecule has 1 saturated heterocycles. The Morgan fingerprint density at radius 2 is 1.96 bits per heavy atom. The van der Waals surface area contributed by atoms with Crippen LogP contribution in [0.15, 0.2) is 23.2 Å². The molecule has 0 amide bonds.